The van der Waals surface area contributed by atoms with Crippen LogP contribution in [-0.4, -0.2) is 29.0 Å². The van der Waals surface area contributed by atoms with Gasteiger partial charge in [0.05, 0.1) is 16.4 Å². The Bertz CT molecular complexity index is 723. The normalized spacial score (nSPS) is 26.3. The summed E-state index contributed by atoms with van der Waals surface area (Å²) < 4.78 is 0. The zero-order chi connectivity index (χ0) is 15.0. The molecule has 1 amide bonds. The Morgan fingerprint density at radius 3 is 2.91 bits per heavy atom. The lowest BCUT2D eigenvalue weighted by atomic mass is 9.67. The van der Waals surface area contributed by atoms with Crippen molar-refractivity contribution in [2.75, 3.05) is 18.4 Å². The first-order valence-corrected chi connectivity index (χ1v) is 8.01. The lowest BCUT2D eigenvalue weighted by molar-refractivity contribution is -0.128. The molecule has 2 aliphatic rings. The predicted octanol–water partition coefficient (Wildman–Crippen LogP) is 2.77. The number of hydrogen-bond acceptors (Lipinski definition) is 4. The number of carbonyl (C=O) groups is 1. The van der Waals surface area contributed by atoms with E-state index in [1.807, 2.05) is 18.2 Å². The van der Waals surface area contributed by atoms with Gasteiger partial charge < -0.3 is 10.6 Å². The third-order valence-electron chi connectivity index (χ3n) is 5.22. The summed E-state index contributed by atoms with van der Waals surface area (Å²) in [6.07, 6.45) is 7.89. The molecule has 0 unspecified atom stereocenters. The fourth-order valence-electron chi connectivity index (χ4n) is 3.99. The summed E-state index contributed by atoms with van der Waals surface area (Å²) >= 11 is 0. The van der Waals surface area contributed by atoms with Crippen molar-refractivity contribution >= 4 is 35.0 Å². The van der Waals surface area contributed by atoms with Gasteiger partial charge in [0.25, 0.3) is 0 Å². The molecule has 6 heteroatoms. The van der Waals surface area contributed by atoms with Crippen molar-refractivity contribution in [3.63, 3.8) is 0 Å². The third-order valence-corrected chi connectivity index (χ3v) is 5.22. The molecule has 5 nitrogen and oxygen atoms in total. The van der Waals surface area contributed by atoms with Crippen LogP contribution >= 0.6 is 12.4 Å². The second-order valence-electron chi connectivity index (χ2n) is 6.44. The molecule has 0 spiro atoms. The van der Waals surface area contributed by atoms with Crippen LogP contribution in [0.3, 0.4) is 0 Å². The average molecular weight is 333 g/mol. The van der Waals surface area contributed by atoms with Gasteiger partial charge in [0.2, 0.25) is 5.91 Å². The molecule has 1 aromatic heterocycles. The van der Waals surface area contributed by atoms with E-state index in [4.69, 9.17) is 0 Å². The Kier molecular flexibility index (Phi) is 4.50. The highest BCUT2D eigenvalue weighted by molar-refractivity contribution is 5.97. The smallest absolute Gasteiger partial charge is 0.232 e. The van der Waals surface area contributed by atoms with E-state index >= 15 is 0 Å². The van der Waals surface area contributed by atoms with Crippen LogP contribution in [0.25, 0.3) is 11.0 Å². The molecule has 1 aliphatic carbocycles. The van der Waals surface area contributed by atoms with Crippen molar-refractivity contribution < 1.29 is 4.79 Å². The number of carbonyl (C=O) groups excluding carboxylic acids is 1. The average Bonchev–Trinajstić information content (AvgIpc) is 3.00. The Morgan fingerprint density at radius 2 is 2.04 bits per heavy atom. The zero-order valence-electron chi connectivity index (χ0n) is 12.9. The highest BCUT2D eigenvalue weighted by Gasteiger charge is 2.49. The zero-order valence-corrected chi connectivity index (χ0v) is 13.7. The third kappa shape index (κ3) is 2.79. The van der Waals surface area contributed by atoms with Crippen LogP contribution in [-0.2, 0) is 4.79 Å². The van der Waals surface area contributed by atoms with E-state index < -0.39 is 0 Å². The first-order valence-electron chi connectivity index (χ1n) is 8.01. The Hall–Kier alpha value is -1.72. The SMILES string of the molecule is Cl.O=C(Nc1ccc2nccnc2c1)[C@@]12CCCC[C@H]1CNC2. The molecule has 1 saturated heterocycles. The van der Waals surface area contributed by atoms with Crippen LogP contribution in [0.4, 0.5) is 5.69 Å². The van der Waals surface area contributed by atoms with Gasteiger partial charge in [0.15, 0.2) is 0 Å². The van der Waals surface area contributed by atoms with Gasteiger partial charge >= 0.3 is 0 Å². The summed E-state index contributed by atoms with van der Waals surface area (Å²) in [5.41, 5.74) is 2.23. The van der Waals surface area contributed by atoms with Gasteiger partial charge in [0.1, 0.15) is 0 Å². The minimum atomic E-state index is -0.227. The minimum Gasteiger partial charge on any atom is -0.325 e. The number of aromatic nitrogens is 2. The number of benzene rings is 1. The quantitative estimate of drug-likeness (QED) is 0.887. The van der Waals surface area contributed by atoms with Crippen LogP contribution in [0.15, 0.2) is 30.6 Å². The second-order valence-corrected chi connectivity index (χ2v) is 6.44. The summed E-state index contributed by atoms with van der Waals surface area (Å²) in [5, 5.41) is 6.54. The molecule has 1 aromatic carbocycles. The summed E-state index contributed by atoms with van der Waals surface area (Å²) in [6, 6.07) is 5.71. The number of nitrogens with zero attached hydrogens (tertiary/aromatic N) is 2. The second kappa shape index (κ2) is 6.42. The van der Waals surface area contributed by atoms with Gasteiger partial charge in [-0.15, -0.1) is 12.4 Å². The lowest BCUT2D eigenvalue weighted by Gasteiger charge is -2.37. The molecule has 122 valence electrons. The summed E-state index contributed by atoms with van der Waals surface area (Å²) in [5.74, 6) is 0.631. The van der Waals surface area contributed by atoms with Crippen LogP contribution in [0, 0.1) is 11.3 Å². The van der Waals surface area contributed by atoms with Gasteiger partial charge in [0, 0.05) is 24.6 Å². The summed E-state index contributed by atoms with van der Waals surface area (Å²) in [6.45, 7) is 1.77. The van der Waals surface area contributed by atoms with Gasteiger partial charge in [-0.2, -0.15) is 0 Å². The van der Waals surface area contributed by atoms with E-state index in [1.165, 1.54) is 6.42 Å². The molecule has 0 radical (unpaired) electrons. The van der Waals surface area contributed by atoms with Crippen molar-refractivity contribution in [1.82, 2.24) is 15.3 Å². The Labute approximate surface area is 141 Å². The number of anilines is 1. The molecular formula is C17H21ClN4O. The first-order chi connectivity index (χ1) is 10.8. The maximum Gasteiger partial charge on any atom is 0.232 e. The molecule has 23 heavy (non-hydrogen) atoms. The van der Waals surface area contributed by atoms with E-state index in [9.17, 15) is 4.79 Å². The summed E-state index contributed by atoms with van der Waals surface area (Å²) in [4.78, 5) is 21.5. The van der Waals surface area contributed by atoms with E-state index in [-0.39, 0.29) is 23.7 Å². The minimum absolute atomic E-state index is 0. The van der Waals surface area contributed by atoms with E-state index in [0.29, 0.717) is 5.92 Å². The number of amides is 1. The highest BCUT2D eigenvalue weighted by Crippen LogP contribution is 2.44. The number of halogens is 1. The fourth-order valence-corrected chi connectivity index (χ4v) is 3.99. The monoisotopic (exact) mass is 332 g/mol. The van der Waals surface area contributed by atoms with Crippen LogP contribution in [0.1, 0.15) is 25.7 Å². The van der Waals surface area contributed by atoms with Crippen molar-refractivity contribution in [3.8, 4) is 0 Å². The molecule has 2 atom stereocenters. The van der Waals surface area contributed by atoms with E-state index in [1.54, 1.807) is 12.4 Å². The maximum atomic E-state index is 12.9. The lowest BCUT2D eigenvalue weighted by Crippen LogP contribution is -2.44. The highest BCUT2D eigenvalue weighted by atomic mass is 35.5. The van der Waals surface area contributed by atoms with Gasteiger partial charge in [-0.05, 0) is 43.5 Å². The molecule has 2 aromatic rings. The van der Waals surface area contributed by atoms with Gasteiger partial charge in [-0.25, -0.2) is 0 Å². The Balaban J connectivity index is 0.00000156. The van der Waals surface area contributed by atoms with E-state index in [0.717, 1.165) is 49.1 Å². The molecule has 1 saturated carbocycles. The standard InChI is InChI=1S/C17H20N4O.ClH/c22-16(17-6-2-1-3-12(17)10-18-11-17)21-13-4-5-14-15(9-13)20-8-7-19-14;/h4-5,7-9,12,18H,1-3,6,10-11H2,(H,21,22);1H/t12-,17+;/m0./s1. The molecule has 2 fully saturated rings. The van der Waals surface area contributed by atoms with E-state index in [2.05, 4.69) is 20.6 Å². The molecule has 2 heterocycles. The molecule has 1 aliphatic heterocycles. The Morgan fingerprint density at radius 1 is 1.22 bits per heavy atom. The first kappa shape index (κ1) is 16.1. The topological polar surface area (TPSA) is 66.9 Å². The van der Waals surface area contributed by atoms with Crippen molar-refractivity contribution in [2.45, 2.75) is 25.7 Å². The maximum absolute atomic E-state index is 12.9. The van der Waals surface area contributed by atoms with Gasteiger partial charge in [-0.3, -0.25) is 14.8 Å². The van der Waals surface area contributed by atoms with Crippen molar-refractivity contribution in [3.05, 3.63) is 30.6 Å². The molecule has 4 rings (SSSR count). The van der Waals surface area contributed by atoms with Crippen LogP contribution < -0.4 is 10.6 Å². The number of rotatable bonds is 2. The molecule has 2 N–H and O–H groups in total. The largest absolute Gasteiger partial charge is 0.325 e. The van der Waals surface area contributed by atoms with Crippen LogP contribution in [0.2, 0.25) is 0 Å². The molecule has 0 bridgehead atoms. The summed E-state index contributed by atoms with van der Waals surface area (Å²) in [7, 11) is 0. The number of hydrogen-bond donors (Lipinski definition) is 2. The number of fused-ring (bicyclic) bond motifs is 2. The van der Waals surface area contributed by atoms with Crippen molar-refractivity contribution in [1.29, 1.82) is 0 Å². The van der Waals surface area contributed by atoms with Crippen LogP contribution in [0.5, 0.6) is 0 Å². The molecular weight excluding hydrogens is 312 g/mol. The number of nitrogens with one attached hydrogen (secondary N) is 2. The fraction of sp³-hybridized carbons (Fsp3) is 0.471. The van der Waals surface area contributed by atoms with Crippen molar-refractivity contribution in [2.24, 2.45) is 11.3 Å². The van der Waals surface area contributed by atoms with Gasteiger partial charge in [-0.1, -0.05) is 12.8 Å². The predicted molar refractivity (Wildman–Crippen MR) is 92.7 cm³/mol.